The molecule has 0 saturated carbocycles. The predicted octanol–water partition coefficient (Wildman–Crippen LogP) is 1.63. The molecule has 0 aliphatic carbocycles. The second-order valence-electron chi connectivity index (χ2n) is 3.86. The molecule has 3 nitrogen and oxygen atoms in total. The van der Waals surface area contributed by atoms with Crippen molar-refractivity contribution in [3.05, 3.63) is 29.3 Å². The molecule has 1 unspecified atom stereocenters. The second-order valence-corrected chi connectivity index (χ2v) is 3.86. The molecule has 1 aromatic carbocycles. The molecule has 1 atom stereocenters. The number of benzene rings is 1. The van der Waals surface area contributed by atoms with Gasteiger partial charge in [-0.1, -0.05) is 12.1 Å². The molecular weight excluding hydrogens is 192 g/mol. The van der Waals surface area contributed by atoms with Crippen molar-refractivity contribution < 1.29 is 14.6 Å². The van der Waals surface area contributed by atoms with Crippen molar-refractivity contribution in [2.24, 2.45) is 0 Å². The molecule has 0 aromatic heterocycles. The average molecular weight is 206 g/mol. The summed E-state index contributed by atoms with van der Waals surface area (Å²) in [4.78, 5) is 11.1. The maximum atomic E-state index is 11.1. The quantitative estimate of drug-likeness (QED) is 0.800. The topological polar surface area (TPSA) is 46.5 Å². The van der Waals surface area contributed by atoms with Crippen molar-refractivity contribution in [2.45, 2.75) is 25.9 Å². The highest BCUT2D eigenvalue weighted by Crippen LogP contribution is 2.34. The lowest BCUT2D eigenvalue weighted by Gasteiger charge is -2.24. The number of Topliss-reactive ketones (excluding diaryl/α,β-unsaturated/α-hetero) is 1. The minimum absolute atomic E-state index is 0.0983. The van der Waals surface area contributed by atoms with E-state index in [2.05, 4.69) is 0 Å². The monoisotopic (exact) mass is 206 g/mol. The largest absolute Gasteiger partial charge is 0.493 e. The lowest BCUT2D eigenvalue weighted by Crippen LogP contribution is -2.16. The molecule has 1 N–H and O–H groups in total. The average Bonchev–Trinajstić information content (AvgIpc) is 2.17. The summed E-state index contributed by atoms with van der Waals surface area (Å²) in [5, 5.41) is 9.86. The summed E-state index contributed by atoms with van der Waals surface area (Å²) in [6.07, 6.45) is 0.468. The van der Waals surface area contributed by atoms with Crippen LogP contribution in [0.4, 0.5) is 0 Å². The number of hydrogen-bond donors (Lipinski definition) is 1. The molecular formula is C12H14O3. The molecule has 3 heteroatoms. The summed E-state index contributed by atoms with van der Waals surface area (Å²) >= 11 is 0. The maximum Gasteiger partial charge on any atom is 0.134 e. The Hall–Kier alpha value is -1.35. The zero-order chi connectivity index (χ0) is 10.8. The molecule has 1 aliphatic rings. The first kappa shape index (κ1) is 10.2. The number of carbonyl (C=O) groups is 1. The fourth-order valence-corrected chi connectivity index (χ4v) is 1.94. The minimum atomic E-state index is -0.496. The van der Waals surface area contributed by atoms with E-state index in [1.165, 1.54) is 0 Å². The molecule has 0 amide bonds. The molecule has 15 heavy (non-hydrogen) atoms. The minimum Gasteiger partial charge on any atom is -0.493 e. The van der Waals surface area contributed by atoms with Crippen LogP contribution in [-0.2, 0) is 11.2 Å². The van der Waals surface area contributed by atoms with Gasteiger partial charge >= 0.3 is 0 Å². The Morgan fingerprint density at radius 2 is 2.40 bits per heavy atom. The number of fused-ring (bicyclic) bond motifs is 1. The van der Waals surface area contributed by atoms with Crippen LogP contribution in [0.3, 0.4) is 0 Å². The highest BCUT2D eigenvalue weighted by atomic mass is 16.5. The van der Waals surface area contributed by atoms with Crippen LogP contribution in [0, 0.1) is 0 Å². The lowest BCUT2D eigenvalue weighted by atomic mass is 9.94. The highest BCUT2D eigenvalue weighted by molar-refractivity contribution is 5.78. The Kier molecular flexibility index (Phi) is 2.73. The third-order valence-corrected chi connectivity index (χ3v) is 2.58. The van der Waals surface area contributed by atoms with E-state index >= 15 is 0 Å². The van der Waals surface area contributed by atoms with Crippen LogP contribution in [-0.4, -0.2) is 17.5 Å². The normalized spacial score (nSPS) is 19.2. The highest BCUT2D eigenvalue weighted by Gasteiger charge is 2.22. The van der Waals surface area contributed by atoms with Crippen molar-refractivity contribution in [1.29, 1.82) is 0 Å². The van der Waals surface area contributed by atoms with E-state index < -0.39 is 6.10 Å². The Bertz CT molecular complexity index is 384. The zero-order valence-corrected chi connectivity index (χ0v) is 8.69. The standard InChI is InChI=1S/C12H14O3/c1-8(13)7-9-3-2-4-11-12(9)10(14)5-6-15-11/h2-4,10,14H,5-7H2,1H3. The SMILES string of the molecule is CC(=O)Cc1cccc2c1C(O)CCO2. The first-order chi connectivity index (χ1) is 7.18. The lowest BCUT2D eigenvalue weighted by molar-refractivity contribution is -0.116. The smallest absolute Gasteiger partial charge is 0.134 e. The van der Waals surface area contributed by atoms with Crippen LogP contribution in [0.25, 0.3) is 0 Å². The van der Waals surface area contributed by atoms with Crippen LogP contribution in [0.5, 0.6) is 5.75 Å². The Labute approximate surface area is 88.7 Å². The molecule has 0 fully saturated rings. The van der Waals surface area contributed by atoms with Crippen molar-refractivity contribution in [1.82, 2.24) is 0 Å². The molecule has 80 valence electrons. The number of carbonyl (C=O) groups excluding carboxylic acids is 1. The van der Waals surface area contributed by atoms with E-state index in [4.69, 9.17) is 4.74 Å². The summed E-state index contributed by atoms with van der Waals surface area (Å²) in [7, 11) is 0. The van der Waals surface area contributed by atoms with Gasteiger partial charge in [0.15, 0.2) is 0 Å². The van der Waals surface area contributed by atoms with Gasteiger partial charge in [0, 0.05) is 18.4 Å². The van der Waals surface area contributed by atoms with Crippen molar-refractivity contribution in [3.63, 3.8) is 0 Å². The van der Waals surface area contributed by atoms with Crippen molar-refractivity contribution in [2.75, 3.05) is 6.61 Å². The summed E-state index contributed by atoms with van der Waals surface area (Å²) in [5.74, 6) is 0.814. The Morgan fingerprint density at radius 3 is 3.13 bits per heavy atom. The van der Waals surface area contributed by atoms with E-state index in [9.17, 15) is 9.90 Å². The molecule has 0 bridgehead atoms. The van der Waals surface area contributed by atoms with Gasteiger partial charge in [-0.15, -0.1) is 0 Å². The second kappa shape index (κ2) is 4.03. The number of aliphatic hydroxyl groups excluding tert-OH is 1. The molecule has 1 aliphatic heterocycles. The van der Waals surface area contributed by atoms with Crippen LogP contribution in [0.2, 0.25) is 0 Å². The first-order valence-electron chi connectivity index (χ1n) is 5.10. The molecule has 0 radical (unpaired) electrons. The summed E-state index contributed by atoms with van der Waals surface area (Å²) in [5.41, 5.74) is 1.67. The first-order valence-corrected chi connectivity index (χ1v) is 5.10. The van der Waals surface area contributed by atoms with E-state index in [1.54, 1.807) is 6.92 Å². The summed E-state index contributed by atoms with van der Waals surface area (Å²) < 4.78 is 5.44. The number of aliphatic hydroxyl groups is 1. The van der Waals surface area contributed by atoms with Gasteiger partial charge in [-0.25, -0.2) is 0 Å². The van der Waals surface area contributed by atoms with Crippen LogP contribution >= 0.6 is 0 Å². The van der Waals surface area contributed by atoms with Gasteiger partial charge in [-0.05, 0) is 18.6 Å². The maximum absolute atomic E-state index is 11.1. The Balaban J connectivity index is 2.42. The van der Waals surface area contributed by atoms with Gasteiger partial charge in [0.1, 0.15) is 11.5 Å². The molecule has 2 rings (SSSR count). The van der Waals surface area contributed by atoms with Gasteiger partial charge in [-0.3, -0.25) is 4.79 Å². The summed E-state index contributed by atoms with van der Waals surface area (Å²) in [6, 6.07) is 5.56. The van der Waals surface area contributed by atoms with Crippen molar-refractivity contribution in [3.8, 4) is 5.75 Å². The van der Waals surface area contributed by atoms with Gasteiger partial charge in [0.2, 0.25) is 0 Å². The zero-order valence-electron chi connectivity index (χ0n) is 8.69. The third-order valence-electron chi connectivity index (χ3n) is 2.58. The third kappa shape index (κ3) is 2.02. The molecule has 1 aromatic rings. The van der Waals surface area contributed by atoms with Gasteiger partial charge in [-0.2, -0.15) is 0 Å². The fourth-order valence-electron chi connectivity index (χ4n) is 1.94. The van der Waals surface area contributed by atoms with Crippen LogP contribution < -0.4 is 4.74 Å². The number of hydrogen-bond acceptors (Lipinski definition) is 3. The van der Waals surface area contributed by atoms with E-state index in [0.29, 0.717) is 25.2 Å². The van der Waals surface area contributed by atoms with E-state index in [0.717, 1.165) is 11.1 Å². The molecule has 1 heterocycles. The van der Waals surface area contributed by atoms with Crippen molar-refractivity contribution >= 4 is 5.78 Å². The Morgan fingerprint density at radius 1 is 1.60 bits per heavy atom. The van der Waals surface area contributed by atoms with Gasteiger partial charge in [0.25, 0.3) is 0 Å². The number of ketones is 1. The molecule has 0 saturated heterocycles. The van der Waals surface area contributed by atoms with Crippen LogP contribution in [0.15, 0.2) is 18.2 Å². The van der Waals surface area contributed by atoms with E-state index in [1.807, 2.05) is 18.2 Å². The van der Waals surface area contributed by atoms with E-state index in [-0.39, 0.29) is 5.78 Å². The fraction of sp³-hybridized carbons (Fsp3) is 0.417. The van der Waals surface area contributed by atoms with Gasteiger partial charge in [0.05, 0.1) is 12.7 Å². The van der Waals surface area contributed by atoms with Gasteiger partial charge < -0.3 is 9.84 Å². The van der Waals surface area contributed by atoms with Crippen LogP contribution in [0.1, 0.15) is 30.6 Å². The number of ether oxygens (including phenoxy) is 1. The predicted molar refractivity (Wildman–Crippen MR) is 55.9 cm³/mol. The molecule has 0 spiro atoms. The number of rotatable bonds is 2. The summed E-state index contributed by atoms with van der Waals surface area (Å²) in [6.45, 7) is 2.09.